The van der Waals surface area contributed by atoms with Gasteiger partial charge in [-0.25, -0.2) is 14.4 Å². The highest BCUT2D eigenvalue weighted by atomic mass is 19.1. The molecule has 1 aliphatic carbocycles. The van der Waals surface area contributed by atoms with Gasteiger partial charge < -0.3 is 10.1 Å². The molecular formula is C16H17FN4O2. The van der Waals surface area contributed by atoms with Gasteiger partial charge in [-0.05, 0) is 37.8 Å². The molecule has 0 radical (unpaired) electrons. The Labute approximate surface area is 133 Å². The van der Waals surface area contributed by atoms with E-state index in [0.29, 0.717) is 5.69 Å². The molecular weight excluding hydrogens is 299 g/mol. The van der Waals surface area contributed by atoms with Gasteiger partial charge in [0.15, 0.2) is 5.82 Å². The second-order valence-electron chi connectivity index (χ2n) is 5.46. The van der Waals surface area contributed by atoms with Gasteiger partial charge in [-0.3, -0.25) is 9.78 Å². The van der Waals surface area contributed by atoms with E-state index in [2.05, 4.69) is 20.3 Å². The molecule has 1 N–H and O–H groups in total. The molecule has 23 heavy (non-hydrogen) atoms. The summed E-state index contributed by atoms with van der Waals surface area (Å²) in [5.74, 6) is -0.643. The van der Waals surface area contributed by atoms with E-state index in [1.807, 2.05) is 0 Å². The van der Waals surface area contributed by atoms with Crippen molar-refractivity contribution in [3.8, 4) is 6.01 Å². The second kappa shape index (κ2) is 7.13. The lowest BCUT2D eigenvalue weighted by Gasteiger charge is -2.28. The maximum Gasteiger partial charge on any atom is 0.316 e. The van der Waals surface area contributed by atoms with Crippen LogP contribution >= 0.6 is 0 Å². The number of halogens is 1. The van der Waals surface area contributed by atoms with E-state index >= 15 is 0 Å². The number of carbonyl (C=O) groups excluding carboxylic acids is 1. The average Bonchev–Trinajstić information content (AvgIpc) is 2.59. The van der Waals surface area contributed by atoms with Crippen molar-refractivity contribution in [1.82, 2.24) is 20.3 Å². The van der Waals surface area contributed by atoms with Crippen LogP contribution in [0.15, 0.2) is 36.8 Å². The van der Waals surface area contributed by atoms with Gasteiger partial charge in [-0.1, -0.05) is 6.07 Å². The summed E-state index contributed by atoms with van der Waals surface area (Å²) in [5, 5.41) is 2.99. The van der Waals surface area contributed by atoms with Gasteiger partial charge in [-0.2, -0.15) is 0 Å². The number of nitrogens with zero attached hydrogens (tertiary/aromatic N) is 3. The standard InChI is InChI=1S/C16H17FN4O2/c17-11-9-19-16(20-10-11)23-13-6-4-12(5-7-13)21-15(22)14-3-1-2-8-18-14/h1-3,8-10,12-13H,4-7H2,(H,21,22). The fourth-order valence-corrected chi connectivity index (χ4v) is 2.59. The third-order valence-corrected chi connectivity index (χ3v) is 3.78. The van der Waals surface area contributed by atoms with Gasteiger partial charge in [-0.15, -0.1) is 0 Å². The van der Waals surface area contributed by atoms with Crippen LogP contribution in [0.5, 0.6) is 6.01 Å². The predicted molar refractivity (Wildman–Crippen MR) is 80.4 cm³/mol. The van der Waals surface area contributed by atoms with Crippen LogP contribution in [0.1, 0.15) is 36.2 Å². The number of ether oxygens (including phenoxy) is 1. The Hall–Kier alpha value is -2.57. The van der Waals surface area contributed by atoms with E-state index in [0.717, 1.165) is 38.1 Å². The number of pyridine rings is 1. The molecule has 120 valence electrons. The summed E-state index contributed by atoms with van der Waals surface area (Å²) in [6, 6.07) is 5.55. The molecule has 0 aliphatic heterocycles. The Morgan fingerprint density at radius 3 is 2.52 bits per heavy atom. The summed E-state index contributed by atoms with van der Waals surface area (Å²) >= 11 is 0. The highest BCUT2D eigenvalue weighted by Gasteiger charge is 2.24. The lowest BCUT2D eigenvalue weighted by atomic mass is 9.93. The lowest BCUT2D eigenvalue weighted by Crippen LogP contribution is -2.40. The van der Waals surface area contributed by atoms with Crippen LogP contribution in [0.2, 0.25) is 0 Å². The molecule has 1 saturated carbocycles. The van der Waals surface area contributed by atoms with E-state index in [1.165, 1.54) is 0 Å². The molecule has 0 bridgehead atoms. The second-order valence-corrected chi connectivity index (χ2v) is 5.46. The fraction of sp³-hybridized carbons (Fsp3) is 0.375. The zero-order valence-corrected chi connectivity index (χ0v) is 12.5. The Kier molecular flexibility index (Phi) is 4.75. The topological polar surface area (TPSA) is 77.0 Å². The molecule has 1 aliphatic rings. The number of amides is 1. The van der Waals surface area contributed by atoms with Gasteiger partial charge in [0.1, 0.15) is 11.8 Å². The molecule has 0 unspecified atom stereocenters. The van der Waals surface area contributed by atoms with Crippen LogP contribution in [0.3, 0.4) is 0 Å². The molecule has 2 aromatic rings. The number of hydrogen-bond donors (Lipinski definition) is 1. The Bertz CT molecular complexity index is 643. The largest absolute Gasteiger partial charge is 0.460 e. The SMILES string of the molecule is O=C(NC1CCC(Oc2ncc(F)cn2)CC1)c1ccccn1. The van der Waals surface area contributed by atoms with Gasteiger partial charge in [0.2, 0.25) is 0 Å². The maximum absolute atomic E-state index is 12.8. The van der Waals surface area contributed by atoms with Crippen molar-refractivity contribution in [2.24, 2.45) is 0 Å². The average molecular weight is 316 g/mol. The third-order valence-electron chi connectivity index (χ3n) is 3.78. The van der Waals surface area contributed by atoms with Gasteiger partial charge in [0, 0.05) is 12.2 Å². The van der Waals surface area contributed by atoms with Crippen LogP contribution in [0.4, 0.5) is 4.39 Å². The number of aromatic nitrogens is 3. The molecule has 0 saturated heterocycles. The number of carbonyl (C=O) groups is 1. The molecule has 1 amide bonds. The van der Waals surface area contributed by atoms with Crippen LogP contribution in [-0.2, 0) is 0 Å². The maximum atomic E-state index is 12.8. The van der Waals surface area contributed by atoms with Crippen LogP contribution in [0.25, 0.3) is 0 Å². The Morgan fingerprint density at radius 1 is 1.13 bits per heavy atom. The van der Waals surface area contributed by atoms with Crippen molar-refractivity contribution in [3.05, 3.63) is 48.3 Å². The Morgan fingerprint density at radius 2 is 1.87 bits per heavy atom. The minimum absolute atomic E-state index is 0.0107. The third kappa shape index (κ3) is 4.21. The smallest absolute Gasteiger partial charge is 0.316 e. The van der Waals surface area contributed by atoms with Crippen molar-refractivity contribution >= 4 is 5.91 Å². The van der Waals surface area contributed by atoms with E-state index in [1.54, 1.807) is 24.4 Å². The molecule has 2 heterocycles. The minimum atomic E-state index is -0.488. The first-order valence-corrected chi connectivity index (χ1v) is 7.57. The van der Waals surface area contributed by atoms with Crippen molar-refractivity contribution in [2.45, 2.75) is 37.8 Å². The molecule has 1 fully saturated rings. The summed E-state index contributed by atoms with van der Waals surface area (Å²) in [6.07, 6.45) is 6.95. The molecule has 6 nitrogen and oxygen atoms in total. The fourth-order valence-electron chi connectivity index (χ4n) is 2.59. The van der Waals surface area contributed by atoms with Crippen molar-refractivity contribution < 1.29 is 13.9 Å². The Balaban J connectivity index is 1.47. The zero-order valence-electron chi connectivity index (χ0n) is 12.5. The molecule has 7 heteroatoms. The molecule has 3 rings (SSSR count). The van der Waals surface area contributed by atoms with Gasteiger partial charge >= 0.3 is 6.01 Å². The zero-order chi connectivity index (χ0) is 16.1. The van der Waals surface area contributed by atoms with E-state index < -0.39 is 5.82 Å². The first kappa shape index (κ1) is 15.3. The normalized spacial score (nSPS) is 20.7. The summed E-state index contributed by atoms with van der Waals surface area (Å²) in [5.41, 5.74) is 0.422. The molecule has 0 atom stereocenters. The monoisotopic (exact) mass is 316 g/mol. The number of rotatable bonds is 4. The van der Waals surface area contributed by atoms with E-state index in [9.17, 15) is 9.18 Å². The molecule has 2 aromatic heterocycles. The molecule has 0 spiro atoms. The van der Waals surface area contributed by atoms with Crippen LogP contribution < -0.4 is 10.1 Å². The van der Waals surface area contributed by atoms with Crippen molar-refractivity contribution in [2.75, 3.05) is 0 Å². The first-order chi connectivity index (χ1) is 11.2. The van der Waals surface area contributed by atoms with Gasteiger partial charge in [0.05, 0.1) is 12.4 Å². The number of nitrogens with one attached hydrogen (secondary N) is 1. The summed E-state index contributed by atoms with van der Waals surface area (Å²) in [4.78, 5) is 23.7. The van der Waals surface area contributed by atoms with E-state index in [4.69, 9.17) is 4.74 Å². The predicted octanol–water partition coefficient (Wildman–Crippen LogP) is 2.13. The van der Waals surface area contributed by atoms with E-state index in [-0.39, 0.29) is 24.1 Å². The lowest BCUT2D eigenvalue weighted by molar-refractivity contribution is 0.0880. The first-order valence-electron chi connectivity index (χ1n) is 7.57. The summed E-state index contributed by atoms with van der Waals surface area (Å²) in [6.45, 7) is 0. The van der Waals surface area contributed by atoms with Gasteiger partial charge in [0.25, 0.3) is 5.91 Å². The minimum Gasteiger partial charge on any atom is -0.460 e. The quantitative estimate of drug-likeness (QED) is 0.935. The summed E-state index contributed by atoms with van der Waals surface area (Å²) in [7, 11) is 0. The van der Waals surface area contributed by atoms with Crippen molar-refractivity contribution in [3.63, 3.8) is 0 Å². The van der Waals surface area contributed by atoms with Crippen LogP contribution in [-0.4, -0.2) is 33.0 Å². The molecule has 0 aromatic carbocycles. The van der Waals surface area contributed by atoms with Crippen LogP contribution in [0, 0.1) is 5.82 Å². The van der Waals surface area contributed by atoms with Crippen molar-refractivity contribution in [1.29, 1.82) is 0 Å². The highest BCUT2D eigenvalue weighted by molar-refractivity contribution is 5.92. The summed E-state index contributed by atoms with van der Waals surface area (Å²) < 4.78 is 18.4. The highest BCUT2D eigenvalue weighted by Crippen LogP contribution is 2.22. The number of hydrogen-bond acceptors (Lipinski definition) is 5.